The lowest BCUT2D eigenvalue weighted by Crippen LogP contribution is -2.47. The van der Waals surface area contributed by atoms with Gasteiger partial charge in [-0.05, 0) is 36.8 Å². The van der Waals surface area contributed by atoms with E-state index in [2.05, 4.69) is 82.1 Å². The monoisotopic (exact) mass is 479 g/mol. The van der Waals surface area contributed by atoms with Gasteiger partial charge < -0.3 is 14.4 Å². The Bertz CT molecular complexity index is 1470. The highest BCUT2D eigenvalue weighted by molar-refractivity contribution is 6.33. The van der Waals surface area contributed by atoms with Gasteiger partial charge in [0.15, 0.2) is 5.65 Å². The normalized spacial score (nSPS) is 14.0. The molecule has 174 valence electrons. The SMILES string of the molecule is Cc1ccc(-n2cc(-c3ccccc3)c3c(N4CCN(c5ccccc5Cl)CC4)ncnc32)cc1. The third kappa shape index (κ3) is 4.02. The topological polar surface area (TPSA) is 37.2 Å². The molecule has 35 heavy (non-hydrogen) atoms. The predicted octanol–water partition coefficient (Wildman–Crippen LogP) is 6.38. The summed E-state index contributed by atoms with van der Waals surface area (Å²) in [7, 11) is 0. The van der Waals surface area contributed by atoms with E-state index in [1.54, 1.807) is 6.33 Å². The molecule has 0 unspecified atom stereocenters. The van der Waals surface area contributed by atoms with Gasteiger partial charge in [-0.2, -0.15) is 0 Å². The second-order valence-electron chi connectivity index (χ2n) is 8.94. The van der Waals surface area contributed by atoms with Crippen LogP contribution in [-0.4, -0.2) is 40.7 Å². The summed E-state index contributed by atoms with van der Waals surface area (Å²) in [5.74, 6) is 0.985. The second kappa shape index (κ2) is 9.08. The van der Waals surface area contributed by atoms with E-state index in [9.17, 15) is 0 Å². The van der Waals surface area contributed by atoms with Gasteiger partial charge in [0.1, 0.15) is 12.1 Å². The summed E-state index contributed by atoms with van der Waals surface area (Å²) in [6.45, 7) is 5.60. The molecule has 0 N–H and O–H groups in total. The Morgan fingerprint density at radius 3 is 2.17 bits per heavy atom. The molecule has 2 aromatic heterocycles. The minimum Gasteiger partial charge on any atom is -0.367 e. The van der Waals surface area contributed by atoms with Crippen molar-refractivity contribution in [2.75, 3.05) is 36.0 Å². The number of fused-ring (bicyclic) bond motifs is 1. The molecule has 0 radical (unpaired) electrons. The first-order chi connectivity index (χ1) is 17.2. The van der Waals surface area contributed by atoms with Crippen molar-refractivity contribution in [1.82, 2.24) is 14.5 Å². The van der Waals surface area contributed by atoms with E-state index in [4.69, 9.17) is 21.6 Å². The highest BCUT2D eigenvalue weighted by Gasteiger charge is 2.24. The van der Waals surface area contributed by atoms with Crippen LogP contribution in [0.1, 0.15) is 5.56 Å². The van der Waals surface area contributed by atoms with Crippen molar-refractivity contribution >= 4 is 34.1 Å². The molecule has 0 saturated carbocycles. The first-order valence-corrected chi connectivity index (χ1v) is 12.3. The van der Waals surface area contributed by atoms with Crippen LogP contribution in [0.2, 0.25) is 5.02 Å². The number of benzene rings is 3. The Hall–Kier alpha value is -3.83. The fraction of sp³-hybridized carbons (Fsp3) is 0.172. The minimum absolute atomic E-state index is 0.798. The quantitative estimate of drug-likeness (QED) is 0.300. The van der Waals surface area contributed by atoms with E-state index in [-0.39, 0.29) is 0 Å². The summed E-state index contributed by atoms with van der Waals surface area (Å²) in [6, 6.07) is 27.2. The van der Waals surface area contributed by atoms with Gasteiger partial charge in [-0.1, -0.05) is 71.8 Å². The zero-order valence-electron chi connectivity index (χ0n) is 19.6. The molecule has 3 aromatic carbocycles. The van der Waals surface area contributed by atoms with Gasteiger partial charge >= 0.3 is 0 Å². The molecule has 0 spiro atoms. The zero-order valence-corrected chi connectivity index (χ0v) is 20.4. The first-order valence-electron chi connectivity index (χ1n) is 11.9. The van der Waals surface area contributed by atoms with E-state index in [0.29, 0.717) is 0 Å². The van der Waals surface area contributed by atoms with Crippen molar-refractivity contribution in [3.05, 3.63) is 102 Å². The third-order valence-electron chi connectivity index (χ3n) is 6.73. The van der Waals surface area contributed by atoms with Crippen LogP contribution in [0.25, 0.3) is 27.8 Å². The van der Waals surface area contributed by atoms with Crippen molar-refractivity contribution in [2.24, 2.45) is 0 Å². The Kier molecular flexibility index (Phi) is 5.63. The number of aryl methyl sites for hydroxylation is 1. The highest BCUT2D eigenvalue weighted by atomic mass is 35.5. The molecular weight excluding hydrogens is 454 g/mol. The Morgan fingerprint density at radius 1 is 0.743 bits per heavy atom. The smallest absolute Gasteiger partial charge is 0.150 e. The van der Waals surface area contributed by atoms with Gasteiger partial charge in [0.05, 0.1) is 16.1 Å². The maximum Gasteiger partial charge on any atom is 0.150 e. The number of hydrogen-bond acceptors (Lipinski definition) is 4. The van der Waals surface area contributed by atoms with Crippen molar-refractivity contribution in [2.45, 2.75) is 6.92 Å². The lowest BCUT2D eigenvalue weighted by Gasteiger charge is -2.37. The lowest BCUT2D eigenvalue weighted by molar-refractivity contribution is 0.649. The maximum atomic E-state index is 6.47. The summed E-state index contributed by atoms with van der Waals surface area (Å²) in [5, 5.41) is 1.89. The lowest BCUT2D eigenvalue weighted by atomic mass is 10.1. The van der Waals surface area contributed by atoms with E-state index in [0.717, 1.165) is 70.6 Å². The summed E-state index contributed by atoms with van der Waals surface area (Å²) in [5.41, 5.74) is 6.65. The molecule has 0 atom stereocenters. The van der Waals surface area contributed by atoms with E-state index < -0.39 is 0 Å². The summed E-state index contributed by atoms with van der Waals surface area (Å²) < 4.78 is 2.18. The number of piperazine rings is 1. The average molecular weight is 480 g/mol. The number of nitrogens with zero attached hydrogens (tertiary/aromatic N) is 5. The highest BCUT2D eigenvalue weighted by Crippen LogP contribution is 2.37. The van der Waals surface area contributed by atoms with E-state index >= 15 is 0 Å². The molecule has 1 aliphatic heterocycles. The van der Waals surface area contributed by atoms with Gasteiger partial charge in [-0.15, -0.1) is 0 Å². The number of aromatic nitrogens is 3. The van der Waals surface area contributed by atoms with Gasteiger partial charge in [-0.25, -0.2) is 9.97 Å². The number of rotatable bonds is 4. The van der Waals surface area contributed by atoms with Crippen LogP contribution in [0, 0.1) is 6.92 Å². The van der Waals surface area contributed by atoms with Crippen LogP contribution < -0.4 is 9.80 Å². The molecule has 6 heteroatoms. The minimum atomic E-state index is 0.798. The molecule has 6 rings (SSSR count). The van der Waals surface area contributed by atoms with Gasteiger partial charge in [-0.3, -0.25) is 0 Å². The van der Waals surface area contributed by atoms with Crippen LogP contribution >= 0.6 is 11.6 Å². The first kappa shape index (κ1) is 21.7. The summed E-state index contributed by atoms with van der Waals surface area (Å²) >= 11 is 6.47. The molecular formula is C29H26ClN5. The Labute approximate surface area is 210 Å². The van der Waals surface area contributed by atoms with E-state index in [1.165, 1.54) is 5.56 Å². The largest absolute Gasteiger partial charge is 0.367 e. The molecule has 1 aliphatic rings. The number of para-hydroxylation sites is 1. The fourth-order valence-electron chi connectivity index (χ4n) is 4.89. The zero-order chi connectivity index (χ0) is 23.8. The van der Waals surface area contributed by atoms with Crippen LogP contribution in [0.3, 0.4) is 0 Å². The number of halogens is 1. The standard InChI is InChI=1S/C29H26ClN5/c1-21-11-13-23(14-12-21)35-19-24(22-7-3-2-4-8-22)27-28(31-20-32-29(27)35)34-17-15-33(16-18-34)26-10-6-5-9-25(26)30/h2-14,19-20H,15-18H2,1H3. The average Bonchev–Trinajstić information content (AvgIpc) is 3.30. The van der Waals surface area contributed by atoms with Crippen molar-refractivity contribution in [3.63, 3.8) is 0 Å². The van der Waals surface area contributed by atoms with Crippen molar-refractivity contribution < 1.29 is 0 Å². The molecule has 0 amide bonds. The molecule has 5 nitrogen and oxygen atoms in total. The Balaban J connectivity index is 1.43. The molecule has 1 saturated heterocycles. The van der Waals surface area contributed by atoms with Gasteiger partial charge in [0.25, 0.3) is 0 Å². The second-order valence-corrected chi connectivity index (χ2v) is 9.34. The van der Waals surface area contributed by atoms with Gasteiger partial charge in [0.2, 0.25) is 0 Å². The van der Waals surface area contributed by atoms with Crippen molar-refractivity contribution in [3.8, 4) is 16.8 Å². The molecule has 0 aliphatic carbocycles. The Morgan fingerprint density at radius 2 is 1.43 bits per heavy atom. The maximum absolute atomic E-state index is 6.47. The summed E-state index contributed by atoms with van der Waals surface area (Å²) in [4.78, 5) is 14.3. The van der Waals surface area contributed by atoms with Crippen LogP contribution in [0.15, 0.2) is 91.4 Å². The fourth-order valence-corrected chi connectivity index (χ4v) is 5.15. The van der Waals surface area contributed by atoms with Crippen LogP contribution in [0.5, 0.6) is 0 Å². The molecule has 3 heterocycles. The molecule has 1 fully saturated rings. The molecule has 5 aromatic rings. The number of hydrogen-bond donors (Lipinski definition) is 0. The van der Waals surface area contributed by atoms with Crippen LogP contribution in [0.4, 0.5) is 11.5 Å². The van der Waals surface area contributed by atoms with E-state index in [1.807, 2.05) is 24.3 Å². The third-order valence-corrected chi connectivity index (χ3v) is 7.05. The summed E-state index contributed by atoms with van der Waals surface area (Å²) in [6.07, 6.45) is 3.89. The predicted molar refractivity (Wildman–Crippen MR) is 145 cm³/mol. The molecule has 0 bridgehead atoms. The number of anilines is 2. The van der Waals surface area contributed by atoms with Crippen LogP contribution in [-0.2, 0) is 0 Å². The van der Waals surface area contributed by atoms with Crippen molar-refractivity contribution in [1.29, 1.82) is 0 Å². The van der Waals surface area contributed by atoms with Gasteiger partial charge in [0, 0.05) is 43.6 Å².